The summed E-state index contributed by atoms with van der Waals surface area (Å²) in [5.74, 6) is -0.500. The topological polar surface area (TPSA) is 107 Å². The van der Waals surface area contributed by atoms with Crippen LogP contribution in [-0.2, 0) is 29.7 Å². The first-order chi connectivity index (χ1) is 16.3. The van der Waals surface area contributed by atoms with Crippen LogP contribution >= 0.6 is 12.2 Å². The zero-order valence-electron chi connectivity index (χ0n) is 19.3. The molecule has 0 fully saturated rings. The third-order valence-electron chi connectivity index (χ3n) is 5.04. The predicted octanol–water partition coefficient (Wildman–Crippen LogP) is 3.40. The minimum atomic E-state index is -0.442. The lowest BCUT2D eigenvalue weighted by molar-refractivity contribution is -0.116. The summed E-state index contributed by atoms with van der Waals surface area (Å²) < 4.78 is 8.50. The van der Waals surface area contributed by atoms with Crippen molar-refractivity contribution >= 4 is 35.7 Å². The van der Waals surface area contributed by atoms with E-state index < -0.39 is 5.97 Å². The smallest absolute Gasteiger partial charge is 0.338 e. The number of carbonyl (C=O) groups is 3. The maximum absolute atomic E-state index is 12.6. The van der Waals surface area contributed by atoms with Crippen molar-refractivity contribution in [2.45, 2.75) is 33.4 Å². The van der Waals surface area contributed by atoms with Crippen LogP contribution in [0.4, 0.5) is 5.69 Å². The quantitative estimate of drug-likeness (QED) is 0.358. The van der Waals surface area contributed by atoms with Crippen molar-refractivity contribution in [3.05, 3.63) is 75.8 Å². The zero-order valence-corrected chi connectivity index (χ0v) is 20.1. The van der Waals surface area contributed by atoms with E-state index in [4.69, 9.17) is 17.0 Å². The monoisotopic (exact) mass is 481 g/mol. The molecule has 34 heavy (non-hydrogen) atoms. The third kappa shape index (κ3) is 6.16. The van der Waals surface area contributed by atoms with Gasteiger partial charge < -0.3 is 19.9 Å². The van der Waals surface area contributed by atoms with Crippen molar-refractivity contribution in [2.24, 2.45) is 7.05 Å². The molecule has 0 aliphatic heterocycles. The highest BCUT2D eigenvalue weighted by Gasteiger charge is 2.14. The van der Waals surface area contributed by atoms with Crippen LogP contribution in [0.1, 0.15) is 45.4 Å². The Kier molecular flexibility index (Phi) is 8.31. The van der Waals surface area contributed by atoms with E-state index in [-0.39, 0.29) is 24.9 Å². The second-order valence-corrected chi connectivity index (χ2v) is 8.04. The van der Waals surface area contributed by atoms with E-state index in [2.05, 4.69) is 15.7 Å². The molecule has 9 nitrogen and oxygen atoms in total. The minimum Gasteiger partial charge on any atom is -0.462 e. The van der Waals surface area contributed by atoms with Crippen molar-refractivity contribution in [1.82, 2.24) is 19.7 Å². The molecule has 0 aliphatic carbocycles. The van der Waals surface area contributed by atoms with Gasteiger partial charge in [0.2, 0.25) is 5.91 Å². The summed E-state index contributed by atoms with van der Waals surface area (Å²) in [6.07, 6.45) is 0.727. The van der Waals surface area contributed by atoms with Gasteiger partial charge in [0, 0.05) is 18.3 Å². The summed E-state index contributed by atoms with van der Waals surface area (Å²) in [4.78, 5) is 37.1. The van der Waals surface area contributed by atoms with E-state index in [0.717, 1.165) is 12.0 Å². The first-order valence-electron chi connectivity index (χ1n) is 10.8. The zero-order chi connectivity index (χ0) is 24.7. The SMILES string of the molecule is CCCOC(=O)c1cccc(NC(=O)Cn2nc(CNC(=O)c3ccccc3C)n(C)c2=S)c1. The van der Waals surface area contributed by atoms with Gasteiger partial charge in [0.25, 0.3) is 5.91 Å². The second kappa shape index (κ2) is 11.4. The van der Waals surface area contributed by atoms with Crippen molar-refractivity contribution in [1.29, 1.82) is 0 Å². The number of carbonyl (C=O) groups excluding carboxylic acids is 3. The molecule has 0 unspecified atom stereocenters. The van der Waals surface area contributed by atoms with Gasteiger partial charge in [-0.1, -0.05) is 31.2 Å². The number of ether oxygens (including phenoxy) is 1. The maximum atomic E-state index is 12.6. The molecule has 0 bridgehead atoms. The second-order valence-electron chi connectivity index (χ2n) is 7.68. The summed E-state index contributed by atoms with van der Waals surface area (Å²) in [5.41, 5.74) is 2.28. The lowest BCUT2D eigenvalue weighted by atomic mass is 10.1. The van der Waals surface area contributed by atoms with Crippen LogP contribution in [-0.4, -0.2) is 38.7 Å². The molecule has 10 heteroatoms. The van der Waals surface area contributed by atoms with Crippen LogP contribution in [0.25, 0.3) is 0 Å². The number of nitrogens with zero attached hydrogens (tertiary/aromatic N) is 3. The number of amides is 2. The van der Waals surface area contributed by atoms with E-state index in [1.165, 1.54) is 4.68 Å². The number of aromatic nitrogens is 3. The summed E-state index contributed by atoms with van der Waals surface area (Å²) >= 11 is 5.40. The van der Waals surface area contributed by atoms with Gasteiger partial charge >= 0.3 is 5.97 Å². The molecule has 0 saturated carbocycles. The van der Waals surface area contributed by atoms with Gasteiger partial charge in [0.15, 0.2) is 10.6 Å². The molecule has 3 aromatic rings. The summed E-state index contributed by atoms with van der Waals surface area (Å²) in [6.45, 7) is 4.15. The number of hydrogen-bond donors (Lipinski definition) is 2. The third-order valence-corrected chi connectivity index (χ3v) is 5.53. The first kappa shape index (κ1) is 24.8. The molecule has 1 aromatic heterocycles. The fourth-order valence-corrected chi connectivity index (χ4v) is 3.42. The Morgan fingerprint density at radius 1 is 1.12 bits per heavy atom. The number of anilines is 1. The molecule has 2 amide bonds. The molecule has 0 aliphatic rings. The van der Waals surface area contributed by atoms with Crippen LogP contribution < -0.4 is 10.6 Å². The predicted molar refractivity (Wildman–Crippen MR) is 130 cm³/mol. The van der Waals surface area contributed by atoms with E-state index in [1.807, 2.05) is 26.0 Å². The summed E-state index contributed by atoms with van der Waals surface area (Å²) in [7, 11) is 1.73. The molecule has 178 valence electrons. The average molecular weight is 482 g/mol. The molecule has 2 aromatic carbocycles. The van der Waals surface area contributed by atoms with Crippen LogP contribution in [0.5, 0.6) is 0 Å². The van der Waals surface area contributed by atoms with E-state index in [0.29, 0.717) is 34.0 Å². The molecular weight excluding hydrogens is 454 g/mol. The van der Waals surface area contributed by atoms with Crippen molar-refractivity contribution in [3.63, 3.8) is 0 Å². The van der Waals surface area contributed by atoms with Gasteiger partial charge in [-0.05, 0) is 55.4 Å². The van der Waals surface area contributed by atoms with E-state index in [9.17, 15) is 14.4 Å². The first-order valence-corrected chi connectivity index (χ1v) is 11.2. The number of nitrogens with one attached hydrogen (secondary N) is 2. The molecule has 1 heterocycles. The fraction of sp³-hybridized carbons (Fsp3) is 0.292. The Balaban J connectivity index is 1.63. The summed E-state index contributed by atoms with van der Waals surface area (Å²) in [5, 5.41) is 9.96. The van der Waals surface area contributed by atoms with Crippen LogP contribution in [0.2, 0.25) is 0 Å². The molecule has 0 atom stereocenters. The van der Waals surface area contributed by atoms with E-state index in [1.54, 1.807) is 48.0 Å². The van der Waals surface area contributed by atoms with Gasteiger partial charge in [0.1, 0.15) is 6.54 Å². The largest absolute Gasteiger partial charge is 0.462 e. The van der Waals surface area contributed by atoms with Crippen molar-refractivity contribution < 1.29 is 19.1 Å². The van der Waals surface area contributed by atoms with Crippen molar-refractivity contribution in [2.75, 3.05) is 11.9 Å². The molecule has 0 saturated heterocycles. The Morgan fingerprint density at radius 2 is 1.88 bits per heavy atom. The Morgan fingerprint density at radius 3 is 2.62 bits per heavy atom. The fourth-order valence-electron chi connectivity index (χ4n) is 3.21. The standard InChI is InChI=1S/C24H27N5O4S/c1-4-12-33-23(32)17-9-7-10-18(13-17)26-21(30)15-29-24(34)28(3)20(27-29)14-25-22(31)19-11-6-5-8-16(19)2/h5-11,13H,4,12,14-15H2,1-3H3,(H,25,31)(H,26,30). The van der Waals surface area contributed by atoms with Gasteiger partial charge in [0.05, 0.1) is 18.7 Å². The number of hydrogen-bond acceptors (Lipinski definition) is 6. The number of aryl methyl sites for hydroxylation is 1. The molecule has 2 N–H and O–H groups in total. The molecule has 3 rings (SSSR count). The maximum Gasteiger partial charge on any atom is 0.338 e. The highest BCUT2D eigenvalue weighted by molar-refractivity contribution is 7.71. The highest BCUT2D eigenvalue weighted by atomic mass is 32.1. The molecule has 0 radical (unpaired) electrons. The normalized spacial score (nSPS) is 10.6. The van der Waals surface area contributed by atoms with Gasteiger partial charge in [-0.15, -0.1) is 0 Å². The highest BCUT2D eigenvalue weighted by Crippen LogP contribution is 2.13. The average Bonchev–Trinajstić information content (AvgIpc) is 3.09. The van der Waals surface area contributed by atoms with Crippen LogP contribution in [0.3, 0.4) is 0 Å². The van der Waals surface area contributed by atoms with Gasteiger partial charge in [-0.3, -0.25) is 9.59 Å². The van der Waals surface area contributed by atoms with Gasteiger partial charge in [-0.2, -0.15) is 5.10 Å². The van der Waals surface area contributed by atoms with Crippen LogP contribution in [0.15, 0.2) is 48.5 Å². The minimum absolute atomic E-state index is 0.122. The molecular formula is C24H27N5O4S. The number of esters is 1. The lowest BCUT2D eigenvalue weighted by Gasteiger charge is -2.08. The Bertz CT molecular complexity index is 1260. The number of benzene rings is 2. The van der Waals surface area contributed by atoms with Crippen LogP contribution in [0, 0.1) is 11.7 Å². The number of rotatable bonds is 9. The van der Waals surface area contributed by atoms with E-state index >= 15 is 0 Å². The molecule has 0 spiro atoms. The Labute approximate surface area is 202 Å². The lowest BCUT2D eigenvalue weighted by Crippen LogP contribution is -2.25. The Hall–Kier alpha value is -3.79. The van der Waals surface area contributed by atoms with Gasteiger partial charge in [-0.25, -0.2) is 9.48 Å². The summed E-state index contributed by atoms with van der Waals surface area (Å²) in [6, 6.07) is 13.8. The van der Waals surface area contributed by atoms with Crippen molar-refractivity contribution in [3.8, 4) is 0 Å².